The maximum atomic E-state index is 3.55. The quantitative estimate of drug-likeness (QED) is 0.793. The molecule has 0 bridgehead atoms. The van der Waals surface area contributed by atoms with E-state index < -0.39 is 0 Å². The van der Waals surface area contributed by atoms with Crippen LogP contribution in [-0.2, 0) is 0 Å². The minimum absolute atomic E-state index is 0.555. The minimum Gasteiger partial charge on any atom is -0.316 e. The van der Waals surface area contributed by atoms with Crippen LogP contribution in [0.5, 0.6) is 0 Å². The Morgan fingerprint density at radius 2 is 2.00 bits per heavy atom. The van der Waals surface area contributed by atoms with E-state index >= 15 is 0 Å². The molecule has 2 aliphatic heterocycles. The highest BCUT2D eigenvalue weighted by Crippen LogP contribution is 2.37. The highest BCUT2D eigenvalue weighted by atomic mass is 15.2. The SMILES string of the molecule is CC1(CN2CCC[C@H]3CCCC[C@H]32)CCNC1. The Kier molecular flexibility index (Phi) is 3.45. The van der Waals surface area contributed by atoms with Crippen molar-refractivity contribution in [2.45, 2.75) is 57.9 Å². The Hall–Kier alpha value is -0.0800. The van der Waals surface area contributed by atoms with Gasteiger partial charge in [-0.3, -0.25) is 4.90 Å². The summed E-state index contributed by atoms with van der Waals surface area (Å²) in [6.07, 6.45) is 10.3. The van der Waals surface area contributed by atoms with E-state index in [0.717, 1.165) is 12.0 Å². The first-order valence-electron chi connectivity index (χ1n) is 7.72. The summed E-state index contributed by atoms with van der Waals surface area (Å²) < 4.78 is 0. The van der Waals surface area contributed by atoms with Gasteiger partial charge in [-0.2, -0.15) is 0 Å². The molecule has 3 aliphatic rings. The molecule has 0 aromatic rings. The first kappa shape index (κ1) is 12.0. The Balaban J connectivity index is 1.64. The Bertz CT molecular complexity index is 256. The number of likely N-dealkylation sites (tertiary alicyclic amines) is 1. The third kappa shape index (κ3) is 2.53. The lowest BCUT2D eigenvalue weighted by Gasteiger charge is -2.46. The van der Waals surface area contributed by atoms with Crippen LogP contribution in [0.25, 0.3) is 0 Å². The van der Waals surface area contributed by atoms with Crippen molar-refractivity contribution in [3.8, 4) is 0 Å². The smallest absolute Gasteiger partial charge is 0.0124 e. The van der Waals surface area contributed by atoms with E-state index in [1.54, 1.807) is 0 Å². The average molecular weight is 236 g/mol. The molecular formula is C15H28N2. The Morgan fingerprint density at radius 3 is 2.82 bits per heavy atom. The second-order valence-corrected chi connectivity index (χ2v) is 6.96. The first-order valence-corrected chi connectivity index (χ1v) is 7.72. The number of nitrogens with one attached hydrogen (secondary N) is 1. The van der Waals surface area contributed by atoms with Crippen LogP contribution in [0, 0.1) is 11.3 Å². The lowest BCUT2D eigenvalue weighted by Crippen LogP contribution is -2.50. The highest BCUT2D eigenvalue weighted by molar-refractivity contribution is 4.93. The molecule has 0 radical (unpaired) electrons. The number of rotatable bonds is 2. The van der Waals surface area contributed by atoms with Crippen LogP contribution in [-0.4, -0.2) is 37.1 Å². The van der Waals surface area contributed by atoms with Crippen molar-refractivity contribution in [1.29, 1.82) is 0 Å². The van der Waals surface area contributed by atoms with Crippen molar-refractivity contribution in [2.75, 3.05) is 26.2 Å². The van der Waals surface area contributed by atoms with Crippen molar-refractivity contribution >= 4 is 0 Å². The molecule has 1 saturated carbocycles. The summed E-state index contributed by atoms with van der Waals surface area (Å²) in [4.78, 5) is 2.86. The fourth-order valence-corrected chi connectivity index (χ4v) is 4.42. The first-order chi connectivity index (χ1) is 8.27. The molecule has 17 heavy (non-hydrogen) atoms. The van der Waals surface area contributed by atoms with Gasteiger partial charge in [-0.15, -0.1) is 0 Å². The van der Waals surface area contributed by atoms with Crippen molar-refractivity contribution < 1.29 is 0 Å². The van der Waals surface area contributed by atoms with E-state index in [1.807, 2.05) is 0 Å². The third-order valence-electron chi connectivity index (χ3n) is 5.40. The van der Waals surface area contributed by atoms with Gasteiger partial charge < -0.3 is 5.32 Å². The van der Waals surface area contributed by atoms with Gasteiger partial charge in [0.05, 0.1) is 0 Å². The molecule has 1 unspecified atom stereocenters. The molecule has 3 fully saturated rings. The summed E-state index contributed by atoms with van der Waals surface area (Å²) in [6, 6.07) is 0.940. The molecule has 1 N–H and O–H groups in total. The normalized spacial score (nSPS) is 43.6. The maximum absolute atomic E-state index is 3.55. The predicted octanol–water partition coefficient (Wildman–Crippen LogP) is 2.64. The Morgan fingerprint density at radius 1 is 1.18 bits per heavy atom. The fourth-order valence-electron chi connectivity index (χ4n) is 4.42. The molecule has 0 amide bonds. The van der Waals surface area contributed by atoms with Crippen molar-refractivity contribution in [1.82, 2.24) is 10.2 Å². The summed E-state index contributed by atoms with van der Waals surface area (Å²) >= 11 is 0. The largest absolute Gasteiger partial charge is 0.316 e. The molecule has 2 saturated heterocycles. The maximum Gasteiger partial charge on any atom is 0.0124 e. The molecule has 2 heterocycles. The van der Waals surface area contributed by atoms with Gasteiger partial charge in [0.1, 0.15) is 0 Å². The van der Waals surface area contributed by atoms with E-state index in [2.05, 4.69) is 17.1 Å². The van der Waals surface area contributed by atoms with E-state index in [4.69, 9.17) is 0 Å². The van der Waals surface area contributed by atoms with Crippen LogP contribution in [0.2, 0.25) is 0 Å². The van der Waals surface area contributed by atoms with Crippen LogP contribution in [0.4, 0.5) is 0 Å². The van der Waals surface area contributed by atoms with Crippen molar-refractivity contribution in [3.63, 3.8) is 0 Å². The van der Waals surface area contributed by atoms with Gasteiger partial charge in [0, 0.05) is 19.1 Å². The summed E-state index contributed by atoms with van der Waals surface area (Å²) in [6.45, 7) is 7.68. The molecule has 3 atom stereocenters. The monoisotopic (exact) mass is 236 g/mol. The van der Waals surface area contributed by atoms with Crippen molar-refractivity contribution in [2.24, 2.45) is 11.3 Å². The topological polar surface area (TPSA) is 15.3 Å². The summed E-state index contributed by atoms with van der Waals surface area (Å²) in [5.41, 5.74) is 0.555. The number of nitrogens with zero attached hydrogens (tertiary/aromatic N) is 1. The number of fused-ring (bicyclic) bond motifs is 1. The third-order valence-corrected chi connectivity index (χ3v) is 5.40. The second-order valence-electron chi connectivity index (χ2n) is 6.96. The van der Waals surface area contributed by atoms with Gasteiger partial charge in [-0.25, -0.2) is 0 Å². The van der Waals surface area contributed by atoms with Gasteiger partial charge in [0.25, 0.3) is 0 Å². The standard InChI is InChI=1S/C15H28N2/c1-15(8-9-16-11-15)12-17-10-4-6-13-5-2-3-7-14(13)17/h13-14,16H,2-12H2,1H3/t13-,14-,15?/m1/s1. The molecular weight excluding hydrogens is 208 g/mol. The van der Waals surface area contributed by atoms with Gasteiger partial charge in [-0.1, -0.05) is 19.8 Å². The zero-order valence-corrected chi connectivity index (χ0v) is 11.4. The molecule has 98 valence electrons. The fraction of sp³-hybridized carbons (Fsp3) is 1.00. The van der Waals surface area contributed by atoms with E-state index in [9.17, 15) is 0 Å². The van der Waals surface area contributed by atoms with Gasteiger partial charge in [0.2, 0.25) is 0 Å². The second kappa shape index (κ2) is 4.89. The zero-order chi connectivity index (χ0) is 11.7. The van der Waals surface area contributed by atoms with Crippen molar-refractivity contribution in [3.05, 3.63) is 0 Å². The number of hydrogen-bond donors (Lipinski definition) is 1. The minimum atomic E-state index is 0.555. The molecule has 0 spiro atoms. The Labute approximate surface area is 106 Å². The number of hydrogen-bond acceptors (Lipinski definition) is 2. The van der Waals surface area contributed by atoms with Gasteiger partial charge in [0.15, 0.2) is 0 Å². The van der Waals surface area contributed by atoms with Crippen LogP contribution in [0.3, 0.4) is 0 Å². The molecule has 2 heteroatoms. The predicted molar refractivity (Wildman–Crippen MR) is 72.1 cm³/mol. The summed E-state index contributed by atoms with van der Waals surface area (Å²) in [7, 11) is 0. The van der Waals surface area contributed by atoms with E-state index in [0.29, 0.717) is 5.41 Å². The van der Waals surface area contributed by atoms with Crippen LogP contribution in [0.15, 0.2) is 0 Å². The molecule has 1 aliphatic carbocycles. The van der Waals surface area contributed by atoms with Crippen LogP contribution < -0.4 is 5.32 Å². The van der Waals surface area contributed by atoms with Gasteiger partial charge >= 0.3 is 0 Å². The molecule has 3 rings (SSSR count). The zero-order valence-electron chi connectivity index (χ0n) is 11.4. The van der Waals surface area contributed by atoms with Gasteiger partial charge in [-0.05, 0) is 56.5 Å². The van der Waals surface area contributed by atoms with Crippen LogP contribution in [0.1, 0.15) is 51.9 Å². The summed E-state index contributed by atoms with van der Waals surface area (Å²) in [5.74, 6) is 1.04. The molecule has 0 aromatic heterocycles. The summed E-state index contributed by atoms with van der Waals surface area (Å²) in [5, 5.41) is 3.55. The lowest BCUT2D eigenvalue weighted by molar-refractivity contribution is 0.0323. The molecule has 0 aromatic carbocycles. The molecule has 2 nitrogen and oxygen atoms in total. The highest BCUT2D eigenvalue weighted by Gasteiger charge is 2.38. The van der Waals surface area contributed by atoms with E-state index in [1.165, 1.54) is 71.1 Å². The lowest BCUT2D eigenvalue weighted by atomic mass is 9.77. The van der Waals surface area contributed by atoms with E-state index in [-0.39, 0.29) is 0 Å². The van der Waals surface area contributed by atoms with Crippen LogP contribution >= 0.6 is 0 Å². The average Bonchev–Trinajstić information content (AvgIpc) is 2.76. The number of piperidine rings is 1.